The number of nitrogens with one attached hydrogen (secondary N) is 1. The first-order valence-electron chi connectivity index (χ1n) is 6.61. The zero-order valence-electron chi connectivity index (χ0n) is 11.6. The molecule has 1 N–H and O–H groups in total. The number of rotatable bonds is 5. The molecule has 0 atom stereocenters. The smallest absolute Gasteiger partial charge is 0.243 e. The Labute approximate surface area is 113 Å². The minimum Gasteiger partial charge on any atom is -0.347 e. The number of aromatic nitrogens is 4. The summed E-state index contributed by atoms with van der Waals surface area (Å²) >= 11 is 0. The number of anilines is 1. The molecule has 0 radical (unpaired) electrons. The van der Waals surface area contributed by atoms with Crippen LogP contribution in [0.5, 0.6) is 0 Å². The molecule has 0 saturated carbocycles. The van der Waals surface area contributed by atoms with Crippen LogP contribution in [-0.4, -0.2) is 20.2 Å². The topological polar surface area (TPSA) is 63.6 Å². The van der Waals surface area contributed by atoms with E-state index < -0.39 is 0 Å². The molecule has 0 aromatic carbocycles. The van der Waals surface area contributed by atoms with Gasteiger partial charge in [-0.05, 0) is 31.4 Å². The highest BCUT2D eigenvalue weighted by Gasteiger charge is 2.06. The molecule has 0 spiro atoms. The lowest BCUT2D eigenvalue weighted by Crippen LogP contribution is -2.10. The summed E-state index contributed by atoms with van der Waals surface area (Å²) in [5.41, 5.74) is 4.15. The van der Waals surface area contributed by atoms with E-state index in [0.717, 1.165) is 35.5 Å². The van der Waals surface area contributed by atoms with Crippen molar-refractivity contribution in [2.75, 3.05) is 5.32 Å². The van der Waals surface area contributed by atoms with E-state index >= 15 is 0 Å². The monoisotopic (exact) mass is 257 g/mol. The van der Waals surface area contributed by atoms with Gasteiger partial charge in [-0.15, -0.1) is 5.10 Å². The molecule has 19 heavy (non-hydrogen) atoms. The maximum absolute atomic E-state index is 4.49. The number of aryl methyl sites for hydroxylation is 3. The molecule has 2 heterocycles. The maximum Gasteiger partial charge on any atom is 0.243 e. The van der Waals surface area contributed by atoms with Gasteiger partial charge in [0.15, 0.2) is 0 Å². The molecule has 2 aromatic rings. The van der Waals surface area contributed by atoms with E-state index in [1.54, 1.807) is 6.20 Å². The second-order valence-electron chi connectivity index (χ2n) is 4.36. The molecule has 2 rings (SSSR count). The van der Waals surface area contributed by atoms with Crippen molar-refractivity contribution in [2.45, 2.75) is 40.2 Å². The summed E-state index contributed by atoms with van der Waals surface area (Å²) in [6, 6.07) is 3.98. The number of pyridine rings is 1. The van der Waals surface area contributed by atoms with Crippen LogP contribution in [0.15, 0.2) is 18.3 Å². The lowest BCUT2D eigenvalue weighted by Gasteiger charge is -2.08. The fraction of sp³-hybridized carbons (Fsp3) is 0.429. The summed E-state index contributed by atoms with van der Waals surface area (Å²) in [7, 11) is 0. The summed E-state index contributed by atoms with van der Waals surface area (Å²) in [4.78, 5) is 8.83. The van der Waals surface area contributed by atoms with Crippen LogP contribution in [0, 0.1) is 6.92 Å². The minimum atomic E-state index is 0.569. The van der Waals surface area contributed by atoms with Crippen molar-refractivity contribution in [3.63, 3.8) is 0 Å². The molecule has 0 bridgehead atoms. The first kappa shape index (κ1) is 13.4. The Bertz CT molecular complexity index is 553. The Morgan fingerprint density at radius 2 is 1.84 bits per heavy atom. The molecule has 0 saturated heterocycles. The summed E-state index contributed by atoms with van der Waals surface area (Å²) in [5, 5.41) is 11.5. The zero-order valence-corrected chi connectivity index (χ0v) is 11.6. The largest absolute Gasteiger partial charge is 0.347 e. The van der Waals surface area contributed by atoms with Crippen molar-refractivity contribution in [3.8, 4) is 0 Å². The second kappa shape index (κ2) is 6.22. The fourth-order valence-electron chi connectivity index (χ4n) is 1.88. The fourth-order valence-corrected chi connectivity index (χ4v) is 1.88. The molecule has 0 aliphatic carbocycles. The summed E-state index contributed by atoms with van der Waals surface area (Å²) < 4.78 is 0. The Hall–Kier alpha value is -2.04. The van der Waals surface area contributed by atoms with E-state index in [-0.39, 0.29) is 0 Å². The van der Waals surface area contributed by atoms with Crippen molar-refractivity contribution in [3.05, 3.63) is 41.0 Å². The Morgan fingerprint density at radius 1 is 1.05 bits per heavy atom. The van der Waals surface area contributed by atoms with Crippen LogP contribution in [0.1, 0.15) is 36.5 Å². The number of hydrogen-bond acceptors (Lipinski definition) is 5. The van der Waals surface area contributed by atoms with Gasteiger partial charge in [-0.3, -0.25) is 4.98 Å². The van der Waals surface area contributed by atoms with Crippen LogP contribution in [0.4, 0.5) is 5.95 Å². The predicted molar refractivity (Wildman–Crippen MR) is 74.9 cm³/mol. The number of hydrogen-bond donors (Lipinski definition) is 1. The molecule has 0 fully saturated rings. The average Bonchev–Trinajstić information content (AvgIpc) is 2.46. The first-order chi connectivity index (χ1) is 9.24. The van der Waals surface area contributed by atoms with Crippen molar-refractivity contribution in [1.82, 2.24) is 20.2 Å². The van der Waals surface area contributed by atoms with Gasteiger partial charge in [0.05, 0.1) is 23.6 Å². The van der Waals surface area contributed by atoms with Crippen LogP contribution in [0.25, 0.3) is 0 Å². The highest BCUT2D eigenvalue weighted by molar-refractivity contribution is 5.28. The third-order valence-electron chi connectivity index (χ3n) is 3.04. The molecule has 0 amide bonds. The van der Waals surface area contributed by atoms with Crippen molar-refractivity contribution >= 4 is 5.95 Å². The van der Waals surface area contributed by atoms with E-state index in [1.165, 1.54) is 0 Å². The van der Waals surface area contributed by atoms with E-state index in [2.05, 4.69) is 39.3 Å². The molecule has 0 aliphatic heterocycles. The Balaban J connectivity index is 2.10. The predicted octanol–water partition coefficient (Wildman–Crippen LogP) is 2.31. The van der Waals surface area contributed by atoms with Gasteiger partial charge in [-0.25, -0.2) is 4.98 Å². The van der Waals surface area contributed by atoms with E-state index in [4.69, 9.17) is 0 Å². The molecule has 100 valence electrons. The summed E-state index contributed by atoms with van der Waals surface area (Å²) in [6.07, 6.45) is 3.53. The highest BCUT2D eigenvalue weighted by Crippen LogP contribution is 2.09. The van der Waals surface area contributed by atoms with Crippen LogP contribution in [0.2, 0.25) is 0 Å². The van der Waals surface area contributed by atoms with Crippen LogP contribution in [0.3, 0.4) is 0 Å². The second-order valence-corrected chi connectivity index (χ2v) is 4.36. The zero-order chi connectivity index (χ0) is 13.7. The van der Waals surface area contributed by atoms with Crippen LogP contribution in [-0.2, 0) is 19.4 Å². The van der Waals surface area contributed by atoms with Gasteiger partial charge in [-0.2, -0.15) is 5.10 Å². The lowest BCUT2D eigenvalue weighted by molar-refractivity contribution is 0.816. The molecule has 0 aliphatic rings. The lowest BCUT2D eigenvalue weighted by atomic mass is 10.2. The molecule has 5 nitrogen and oxygen atoms in total. The molecular weight excluding hydrogens is 238 g/mol. The van der Waals surface area contributed by atoms with Crippen molar-refractivity contribution in [2.24, 2.45) is 0 Å². The van der Waals surface area contributed by atoms with Gasteiger partial charge in [0.25, 0.3) is 0 Å². The first-order valence-corrected chi connectivity index (χ1v) is 6.61. The van der Waals surface area contributed by atoms with Gasteiger partial charge in [0.1, 0.15) is 0 Å². The molecule has 2 aromatic heterocycles. The van der Waals surface area contributed by atoms with E-state index in [0.29, 0.717) is 12.5 Å². The maximum atomic E-state index is 4.49. The normalized spacial score (nSPS) is 10.5. The van der Waals surface area contributed by atoms with Crippen LogP contribution < -0.4 is 5.32 Å². The third-order valence-corrected chi connectivity index (χ3v) is 3.04. The minimum absolute atomic E-state index is 0.569. The molecule has 5 heteroatoms. The van der Waals surface area contributed by atoms with Gasteiger partial charge in [0.2, 0.25) is 5.95 Å². The average molecular weight is 257 g/mol. The highest BCUT2D eigenvalue weighted by atomic mass is 15.2. The Morgan fingerprint density at radius 3 is 2.53 bits per heavy atom. The van der Waals surface area contributed by atoms with E-state index in [1.807, 2.05) is 19.1 Å². The van der Waals surface area contributed by atoms with Crippen molar-refractivity contribution in [1.29, 1.82) is 0 Å². The molecule has 0 unspecified atom stereocenters. The third kappa shape index (κ3) is 3.24. The van der Waals surface area contributed by atoms with Gasteiger partial charge in [-0.1, -0.05) is 19.9 Å². The molecular formula is C14H19N5. The van der Waals surface area contributed by atoms with Gasteiger partial charge < -0.3 is 5.32 Å². The quantitative estimate of drug-likeness (QED) is 0.890. The van der Waals surface area contributed by atoms with Gasteiger partial charge in [0, 0.05) is 6.20 Å². The SMILES string of the molecule is CCc1nnc(NCc2ncccc2C)nc1CC. The van der Waals surface area contributed by atoms with Gasteiger partial charge >= 0.3 is 0 Å². The van der Waals surface area contributed by atoms with Crippen molar-refractivity contribution < 1.29 is 0 Å². The van der Waals surface area contributed by atoms with Crippen LogP contribution >= 0.6 is 0 Å². The number of nitrogens with zero attached hydrogens (tertiary/aromatic N) is 4. The Kier molecular flexibility index (Phi) is 4.39. The standard InChI is InChI=1S/C14H19N5/c1-4-11-12(5-2)18-19-14(17-11)16-9-13-10(3)7-6-8-15-13/h6-8H,4-5,9H2,1-3H3,(H,16,17,19). The van der Waals surface area contributed by atoms with E-state index in [9.17, 15) is 0 Å². The summed E-state index contributed by atoms with van der Waals surface area (Å²) in [6.45, 7) is 6.80. The summed E-state index contributed by atoms with van der Waals surface area (Å²) in [5.74, 6) is 0.569.